The fraction of sp³-hybridized carbons (Fsp3) is 0.368. The third kappa shape index (κ3) is 3.65. The number of anilines is 1. The molecular formula is C19H22Cl2N2. The quantitative estimate of drug-likeness (QED) is 0.753. The van der Waals surface area contributed by atoms with Crippen LogP contribution in [0, 0.1) is 6.92 Å². The summed E-state index contributed by atoms with van der Waals surface area (Å²) in [6, 6.07) is 14.7. The maximum absolute atomic E-state index is 6.40. The molecule has 122 valence electrons. The van der Waals surface area contributed by atoms with E-state index in [1.807, 2.05) is 24.3 Å². The van der Waals surface area contributed by atoms with E-state index in [0.717, 1.165) is 41.9 Å². The summed E-state index contributed by atoms with van der Waals surface area (Å²) in [5, 5.41) is 1.69. The smallest absolute Gasteiger partial charge is 0.0639 e. The van der Waals surface area contributed by atoms with Crippen molar-refractivity contribution in [3.05, 3.63) is 63.6 Å². The summed E-state index contributed by atoms with van der Waals surface area (Å²) in [4.78, 5) is 4.86. The Morgan fingerprint density at radius 3 is 2.30 bits per heavy atom. The summed E-state index contributed by atoms with van der Waals surface area (Å²) in [5.74, 6) is 0. The highest BCUT2D eigenvalue weighted by Gasteiger charge is 2.24. The standard InChI is InChI=1S/C19H22Cl2N2/c1-14-7-8-17(20)16(13-14)15(2)22-9-11-23(12-10-22)19-6-4-3-5-18(19)21/h3-8,13,15H,9-12H2,1-2H3. The molecule has 0 amide bonds. The van der Waals surface area contributed by atoms with Crippen LogP contribution in [0.3, 0.4) is 0 Å². The maximum Gasteiger partial charge on any atom is 0.0639 e. The second-order valence-corrected chi connectivity index (χ2v) is 6.99. The number of hydrogen-bond acceptors (Lipinski definition) is 2. The van der Waals surface area contributed by atoms with Crippen LogP contribution in [-0.2, 0) is 0 Å². The molecule has 2 aromatic carbocycles. The van der Waals surface area contributed by atoms with Gasteiger partial charge >= 0.3 is 0 Å². The predicted octanol–water partition coefficient (Wildman–Crippen LogP) is 5.19. The van der Waals surface area contributed by atoms with Crippen molar-refractivity contribution >= 4 is 28.9 Å². The van der Waals surface area contributed by atoms with Gasteiger partial charge in [0.2, 0.25) is 0 Å². The lowest BCUT2D eigenvalue weighted by atomic mass is 10.0. The molecule has 1 aliphatic heterocycles. The number of halogens is 2. The van der Waals surface area contributed by atoms with E-state index in [-0.39, 0.29) is 0 Å². The van der Waals surface area contributed by atoms with Crippen LogP contribution in [-0.4, -0.2) is 31.1 Å². The average molecular weight is 349 g/mol. The van der Waals surface area contributed by atoms with Crippen LogP contribution in [0.5, 0.6) is 0 Å². The molecule has 1 atom stereocenters. The lowest BCUT2D eigenvalue weighted by molar-refractivity contribution is 0.198. The Morgan fingerprint density at radius 1 is 0.913 bits per heavy atom. The number of piperazine rings is 1. The number of nitrogens with zero attached hydrogens (tertiary/aromatic N) is 2. The normalized spacial score (nSPS) is 17.3. The molecule has 1 unspecified atom stereocenters. The molecule has 1 fully saturated rings. The summed E-state index contributed by atoms with van der Waals surface area (Å²) in [6.07, 6.45) is 0. The van der Waals surface area contributed by atoms with E-state index < -0.39 is 0 Å². The van der Waals surface area contributed by atoms with E-state index >= 15 is 0 Å². The maximum atomic E-state index is 6.40. The van der Waals surface area contributed by atoms with Crippen LogP contribution >= 0.6 is 23.2 Å². The van der Waals surface area contributed by atoms with Crippen molar-refractivity contribution in [2.75, 3.05) is 31.1 Å². The van der Waals surface area contributed by atoms with Crippen molar-refractivity contribution in [3.63, 3.8) is 0 Å². The largest absolute Gasteiger partial charge is 0.368 e. The Hall–Kier alpha value is -1.22. The molecule has 1 aliphatic rings. The molecule has 1 saturated heterocycles. The summed E-state index contributed by atoms with van der Waals surface area (Å²) in [5.41, 5.74) is 3.61. The van der Waals surface area contributed by atoms with Gasteiger partial charge in [0.15, 0.2) is 0 Å². The highest BCUT2D eigenvalue weighted by molar-refractivity contribution is 6.33. The molecule has 0 saturated carbocycles. The third-order valence-corrected chi connectivity index (χ3v) is 5.32. The van der Waals surface area contributed by atoms with Crippen LogP contribution in [0.25, 0.3) is 0 Å². The Kier molecular flexibility index (Phi) is 5.15. The molecule has 0 radical (unpaired) electrons. The van der Waals surface area contributed by atoms with Gasteiger partial charge in [0.1, 0.15) is 0 Å². The number of para-hydroxylation sites is 1. The number of hydrogen-bond donors (Lipinski definition) is 0. The van der Waals surface area contributed by atoms with Crippen LogP contribution in [0.4, 0.5) is 5.69 Å². The number of benzene rings is 2. The monoisotopic (exact) mass is 348 g/mol. The first-order valence-electron chi connectivity index (χ1n) is 8.06. The van der Waals surface area contributed by atoms with E-state index in [9.17, 15) is 0 Å². The predicted molar refractivity (Wildman–Crippen MR) is 99.8 cm³/mol. The molecule has 3 rings (SSSR count). The van der Waals surface area contributed by atoms with Crippen LogP contribution in [0.2, 0.25) is 10.0 Å². The van der Waals surface area contributed by atoms with E-state index in [1.54, 1.807) is 0 Å². The van der Waals surface area contributed by atoms with Crippen LogP contribution in [0.15, 0.2) is 42.5 Å². The van der Waals surface area contributed by atoms with Gasteiger partial charge in [-0.2, -0.15) is 0 Å². The molecule has 4 heteroatoms. The molecule has 2 nitrogen and oxygen atoms in total. The first-order chi connectivity index (χ1) is 11.1. The van der Waals surface area contributed by atoms with Gasteiger partial charge in [-0.3, -0.25) is 4.90 Å². The first-order valence-corrected chi connectivity index (χ1v) is 8.81. The minimum atomic E-state index is 0.329. The summed E-state index contributed by atoms with van der Waals surface area (Å²) in [7, 11) is 0. The molecule has 0 bridgehead atoms. The minimum Gasteiger partial charge on any atom is -0.368 e. The van der Waals surface area contributed by atoms with Gasteiger partial charge < -0.3 is 4.90 Å². The van der Waals surface area contributed by atoms with Crippen molar-refractivity contribution < 1.29 is 0 Å². The van der Waals surface area contributed by atoms with E-state index in [0.29, 0.717) is 6.04 Å². The van der Waals surface area contributed by atoms with Crippen LogP contribution in [0.1, 0.15) is 24.1 Å². The minimum absolute atomic E-state index is 0.329. The SMILES string of the molecule is Cc1ccc(Cl)c(C(C)N2CCN(c3ccccc3Cl)CC2)c1. The molecule has 23 heavy (non-hydrogen) atoms. The third-order valence-electron chi connectivity index (χ3n) is 4.66. The topological polar surface area (TPSA) is 6.48 Å². The first kappa shape index (κ1) is 16.6. The summed E-state index contributed by atoms with van der Waals surface area (Å²) >= 11 is 12.7. The second kappa shape index (κ2) is 7.12. The summed E-state index contributed by atoms with van der Waals surface area (Å²) in [6.45, 7) is 8.34. The zero-order chi connectivity index (χ0) is 16.4. The van der Waals surface area contributed by atoms with Crippen LogP contribution < -0.4 is 4.90 Å². The number of aryl methyl sites for hydroxylation is 1. The van der Waals surface area contributed by atoms with Gasteiger partial charge in [-0.05, 0) is 37.6 Å². The van der Waals surface area contributed by atoms with E-state index in [4.69, 9.17) is 23.2 Å². The lowest BCUT2D eigenvalue weighted by Gasteiger charge is -2.39. The van der Waals surface area contributed by atoms with Gasteiger partial charge in [-0.25, -0.2) is 0 Å². The van der Waals surface area contributed by atoms with Crippen molar-refractivity contribution in [1.29, 1.82) is 0 Å². The summed E-state index contributed by atoms with van der Waals surface area (Å²) < 4.78 is 0. The average Bonchev–Trinajstić information content (AvgIpc) is 2.57. The zero-order valence-electron chi connectivity index (χ0n) is 13.6. The van der Waals surface area contributed by atoms with Crippen molar-refractivity contribution in [3.8, 4) is 0 Å². The molecule has 1 heterocycles. The Labute approximate surface area is 148 Å². The van der Waals surface area contributed by atoms with Gasteiger partial charge in [0, 0.05) is 37.2 Å². The highest BCUT2D eigenvalue weighted by Crippen LogP contribution is 2.31. The fourth-order valence-electron chi connectivity index (χ4n) is 3.24. The second-order valence-electron chi connectivity index (χ2n) is 6.18. The van der Waals surface area contributed by atoms with Gasteiger partial charge in [-0.15, -0.1) is 0 Å². The van der Waals surface area contributed by atoms with Crippen molar-refractivity contribution in [2.24, 2.45) is 0 Å². The van der Waals surface area contributed by atoms with Crippen molar-refractivity contribution in [2.45, 2.75) is 19.9 Å². The van der Waals surface area contributed by atoms with Gasteiger partial charge in [0.05, 0.1) is 10.7 Å². The van der Waals surface area contributed by atoms with Gasteiger partial charge in [0.25, 0.3) is 0 Å². The number of rotatable bonds is 3. The Bertz CT molecular complexity index is 679. The van der Waals surface area contributed by atoms with Crippen molar-refractivity contribution in [1.82, 2.24) is 4.90 Å². The molecule has 0 N–H and O–H groups in total. The van der Waals surface area contributed by atoms with E-state index in [2.05, 4.69) is 41.8 Å². The highest BCUT2D eigenvalue weighted by atomic mass is 35.5. The van der Waals surface area contributed by atoms with Gasteiger partial charge in [-0.1, -0.05) is 53.0 Å². The van der Waals surface area contributed by atoms with E-state index in [1.165, 1.54) is 11.1 Å². The lowest BCUT2D eigenvalue weighted by Crippen LogP contribution is -2.47. The Morgan fingerprint density at radius 2 is 1.61 bits per heavy atom. The fourth-order valence-corrected chi connectivity index (χ4v) is 3.77. The Balaban J connectivity index is 1.69. The molecule has 0 spiro atoms. The molecule has 0 aliphatic carbocycles. The molecular weight excluding hydrogens is 327 g/mol. The zero-order valence-corrected chi connectivity index (χ0v) is 15.1. The molecule has 2 aromatic rings. The molecule has 0 aromatic heterocycles.